The molecule has 3 N–H and O–H groups in total. The van der Waals surface area contributed by atoms with Crippen LogP contribution in [0.1, 0.15) is 33.3 Å². The number of alkyl carbamates (subject to hydrolysis) is 1. The molecule has 0 aliphatic heterocycles. The van der Waals surface area contributed by atoms with Gasteiger partial charge in [-0.2, -0.15) is 0 Å². The number of ether oxygens (including phenoxy) is 2. The fraction of sp³-hybridized carbons (Fsp3) is 0.556. The number of nitrogens with one attached hydrogen (secondary N) is 1. The molecule has 7 nitrogen and oxygen atoms in total. The number of aliphatic hydroxyl groups is 2. The summed E-state index contributed by atoms with van der Waals surface area (Å²) >= 11 is 0. The molecule has 0 aliphatic rings. The van der Waals surface area contributed by atoms with Crippen molar-refractivity contribution in [3.63, 3.8) is 0 Å². The van der Waals surface area contributed by atoms with Crippen LogP contribution in [0.2, 0.25) is 0 Å². The average molecular weight is 353 g/mol. The van der Waals surface area contributed by atoms with E-state index in [4.69, 9.17) is 9.47 Å². The van der Waals surface area contributed by atoms with Crippen LogP contribution in [-0.4, -0.2) is 52.7 Å². The van der Waals surface area contributed by atoms with Gasteiger partial charge in [0.25, 0.3) is 0 Å². The first kappa shape index (κ1) is 20.9. The highest BCUT2D eigenvalue weighted by atomic mass is 16.6. The molecular formula is C18H27NO6. The van der Waals surface area contributed by atoms with E-state index in [0.717, 1.165) is 5.56 Å². The number of carbonyl (C=O) groups excluding carboxylic acids is 2. The highest BCUT2D eigenvalue weighted by Crippen LogP contribution is 2.12. The molecule has 0 bridgehead atoms. The molecule has 3 atom stereocenters. The summed E-state index contributed by atoms with van der Waals surface area (Å²) in [6.07, 6.45) is -3.86. The molecule has 0 aromatic heterocycles. The molecule has 0 saturated heterocycles. The van der Waals surface area contributed by atoms with Gasteiger partial charge in [-0.05, 0) is 39.7 Å². The lowest BCUT2D eigenvalue weighted by molar-refractivity contribution is -0.160. The van der Waals surface area contributed by atoms with E-state index in [-0.39, 0.29) is 13.0 Å². The smallest absolute Gasteiger partial charge is 0.407 e. The number of hydrogen-bond acceptors (Lipinski definition) is 6. The summed E-state index contributed by atoms with van der Waals surface area (Å²) in [4.78, 5) is 23.7. The molecule has 25 heavy (non-hydrogen) atoms. The van der Waals surface area contributed by atoms with Crippen molar-refractivity contribution in [2.24, 2.45) is 0 Å². The molecule has 0 fully saturated rings. The van der Waals surface area contributed by atoms with Crippen LogP contribution in [0.15, 0.2) is 30.3 Å². The van der Waals surface area contributed by atoms with Crippen molar-refractivity contribution in [3.05, 3.63) is 35.9 Å². The monoisotopic (exact) mass is 353 g/mol. The van der Waals surface area contributed by atoms with Crippen molar-refractivity contribution >= 4 is 12.1 Å². The Morgan fingerprint density at radius 2 is 1.76 bits per heavy atom. The van der Waals surface area contributed by atoms with Crippen LogP contribution in [-0.2, 0) is 20.7 Å². The standard InChI is InChI=1S/C18H27NO6/c1-5-24-16(22)15(21)14(20)13(11-12-9-7-6-8-10-12)19-17(23)25-18(2,3)4/h6-10,13-15,20-21H,5,11H2,1-4H3,(H,19,23)/t13-,14-,15+/m0/s1. The topological polar surface area (TPSA) is 105 Å². The fourth-order valence-corrected chi connectivity index (χ4v) is 2.17. The molecule has 0 saturated carbocycles. The van der Waals surface area contributed by atoms with Crippen LogP contribution < -0.4 is 5.32 Å². The van der Waals surface area contributed by atoms with Gasteiger partial charge in [-0.25, -0.2) is 9.59 Å². The van der Waals surface area contributed by atoms with E-state index in [1.54, 1.807) is 27.7 Å². The summed E-state index contributed by atoms with van der Waals surface area (Å²) in [6.45, 7) is 6.80. The summed E-state index contributed by atoms with van der Waals surface area (Å²) in [5, 5.41) is 22.9. The van der Waals surface area contributed by atoms with Crippen molar-refractivity contribution in [1.29, 1.82) is 0 Å². The molecule has 140 valence electrons. The van der Waals surface area contributed by atoms with Gasteiger partial charge in [-0.3, -0.25) is 0 Å². The van der Waals surface area contributed by atoms with Gasteiger partial charge in [0.1, 0.15) is 11.7 Å². The van der Waals surface area contributed by atoms with Crippen LogP contribution in [0.25, 0.3) is 0 Å². The van der Waals surface area contributed by atoms with E-state index in [2.05, 4.69) is 5.32 Å². The van der Waals surface area contributed by atoms with E-state index in [1.807, 2.05) is 30.3 Å². The van der Waals surface area contributed by atoms with Crippen LogP contribution in [0.4, 0.5) is 4.79 Å². The Morgan fingerprint density at radius 1 is 1.16 bits per heavy atom. The van der Waals surface area contributed by atoms with Crippen LogP contribution >= 0.6 is 0 Å². The second kappa shape index (κ2) is 9.39. The first-order valence-corrected chi connectivity index (χ1v) is 8.20. The van der Waals surface area contributed by atoms with Crippen LogP contribution in [0.3, 0.4) is 0 Å². The minimum Gasteiger partial charge on any atom is -0.464 e. The fourth-order valence-electron chi connectivity index (χ4n) is 2.17. The maximum Gasteiger partial charge on any atom is 0.407 e. The Balaban J connectivity index is 2.89. The largest absolute Gasteiger partial charge is 0.464 e. The van der Waals surface area contributed by atoms with Gasteiger partial charge in [-0.15, -0.1) is 0 Å². The van der Waals surface area contributed by atoms with E-state index in [1.165, 1.54) is 0 Å². The molecule has 1 aromatic rings. The van der Waals surface area contributed by atoms with Crippen molar-refractivity contribution < 1.29 is 29.3 Å². The zero-order valence-corrected chi connectivity index (χ0v) is 15.1. The van der Waals surface area contributed by atoms with E-state index >= 15 is 0 Å². The summed E-state index contributed by atoms with van der Waals surface area (Å²) < 4.78 is 9.90. The summed E-state index contributed by atoms with van der Waals surface area (Å²) in [5.74, 6) is -0.945. The predicted octanol–water partition coefficient (Wildman–Crippen LogP) is 1.41. The maximum absolute atomic E-state index is 12.0. The number of carbonyl (C=O) groups is 2. The molecule has 0 spiro atoms. The number of rotatable bonds is 7. The Morgan fingerprint density at radius 3 is 2.28 bits per heavy atom. The minimum atomic E-state index is -1.77. The lowest BCUT2D eigenvalue weighted by Crippen LogP contribution is -2.53. The van der Waals surface area contributed by atoms with Gasteiger partial charge in [-0.1, -0.05) is 30.3 Å². The van der Waals surface area contributed by atoms with Crippen molar-refractivity contribution in [1.82, 2.24) is 5.32 Å². The Labute approximate surface area is 147 Å². The zero-order chi connectivity index (χ0) is 19.0. The number of aliphatic hydroxyl groups excluding tert-OH is 2. The minimum absolute atomic E-state index is 0.0749. The third kappa shape index (κ3) is 7.53. The summed E-state index contributed by atoms with van der Waals surface area (Å²) in [6, 6.07) is 8.16. The average Bonchev–Trinajstić information content (AvgIpc) is 2.52. The van der Waals surface area contributed by atoms with E-state index < -0.39 is 35.9 Å². The van der Waals surface area contributed by atoms with Gasteiger partial charge in [0, 0.05) is 0 Å². The van der Waals surface area contributed by atoms with Crippen molar-refractivity contribution in [2.75, 3.05) is 6.61 Å². The van der Waals surface area contributed by atoms with E-state index in [9.17, 15) is 19.8 Å². The molecule has 0 unspecified atom stereocenters. The number of hydrogen-bond donors (Lipinski definition) is 3. The van der Waals surface area contributed by atoms with Gasteiger partial charge >= 0.3 is 12.1 Å². The Kier molecular flexibility index (Phi) is 7.86. The maximum atomic E-state index is 12.0. The predicted molar refractivity (Wildman–Crippen MR) is 92.0 cm³/mol. The molecule has 1 aromatic carbocycles. The lowest BCUT2D eigenvalue weighted by atomic mass is 9.98. The third-order valence-corrected chi connectivity index (χ3v) is 3.26. The second-order valence-corrected chi connectivity index (χ2v) is 6.63. The summed E-state index contributed by atoms with van der Waals surface area (Å²) in [5.41, 5.74) is 0.102. The Hall–Kier alpha value is -2.12. The first-order valence-electron chi connectivity index (χ1n) is 8.20. The SMILES string of the molecule is CCOC(=O)[C@H](O)[C@@H](O)[C@H](Cc1ccccc1)NC(=O)OC(C)(C)C. The lowest BCUT2D eigenvalue weighted by Gasteiger charge is -2.28. The zero-order valence-electron chi connectivity index (χ0n) is 15.1. The molecular weight excluding hydrogens is 326 g/mol. The van der Waals surface area contributed by atoms with Gasteiger partial charge in [0.2, 0.25) is 0 Å². The van der Waals surface area contributed by atoms with E-state index in [0.29, 0.717) is 0 Å². The van der Waals surface area contributed by atoms with Gasteiger partial charge in [0.05, 0.1) is 12.6 Å². The number of benzene rings is 1. The van der Waals surface area contributed by atoms with Gasteiger partial charge in [0.15, 0.2) is 6.10 Å². The molecule has 1 rings (SSSR count). The summed E-state index contributed by atoms with van der Waals surface area (Å²) in [7, 11) is 0. The highest BCUT2D eigenvalue weighted by molar-refractivity contribution is 5.75. The molecule has 7 heteroatoms. The molecule has 1 amide bonds. The quantitative estimate of drug-likeness (QED) is 0.640. The third-order valence-electron chi connectivity index (χ3n) is 3.26. The normalized spacial score (nSPS) is 15.0. The number of amides is 1. The molecule has 0 aliphatic carbocycles. The first-order chi connectivity index (χ1) is 11.6. The Bertz CT molecular complexity index is 554. The second-order valence-electron chi connectivity index (χ2n) is 6.63. The van der Waals surface area contributed by atoms with Gasteiger partial charge < -0.3 is 25.0 Å². The number of esters is 1. The van der Waals surface area contributed by atoms with Crippen molar-refractivity contribution in [2.45, 2.75) is 58.0 Å². The highest BCUT2D eigenvalue weighted by Gasteiger charge is 2.34. The van der Waals surface area contributed by atoms with Crippen LogP contribution in [0.5, 0.6) is 0 Å². The molecule has 0 radical (unpaired) electrons. The van der Waals surface area contributed by atoms with Crippen molar-refractivity contribution in [3.8, 4) is 0 Å². The molecule has 0 heterocycles. The van der Waals surface area contributed by atoms with Crippen LogP contribution in [0, 0.1) is 0 Å².